The molecule has 4 heteroatoms. The lowest BCUT2D eigenvalue weighted by Crippen LogP contribution is -2.33. The summed E-state index contributed by atoms with van der Waals surface area (Å²) < 4.78 is 0. The van der Waals surface area contributed by atoms with Crippen LogP contribution in [0.5, 0.6) is 0 Å². The maximum atomic E-state index is 11.4. The summed E-state index contributed by atoms with van der Waals surface area (Å²) >= 11 is 0. The van der Waals surface area contributed by atoms with Gasteiger partial charge in [0.2, 0.25) is 5.91 Å². The molecular weight excluding hydrogens is 178 g/mol. The molecular formula is C10H19N3O. The zero-order chi connectivity index (χ0) is 11.0. The Bertz CT molecular complexity index is 223. The number of hydrogen-bond donors (Lipinski definition) is 2. The third-order valence-corrected chi connectivity index (χ3v) is 1.99. The van der Waals surface area contributed by atoms with Crippen molar-refractivity contribution in [1.82, 2.24) is 10.7 Å². The minimum absolute atomic E-state index is 0.0515. The van der Waals surface area contributed by atoms with Crippen molar-refractivity contribution in [2.45, 2.75) is 20.3 Å². The average Bonchev–Trinajstić information content (AvgIpc) is 2.22. The highest BCUT2D eigenvalue weighted by molar-refractivity contribution is 5.98. The molecule has 0 aromatic rings. The molecule has 0 saturated carbocycles. The average molecular weight is 197 g/mol. The number of amides is 1. The van der Waals surface area contributed by atoms with Crippen LogP contribution in [0.4, 0.5) is 0 Å². The molecule has 0 aliphatic heterocycles. The van der Waals surface area contributed by atoms with E-state index in [4.69, 9.17) is 0 Å². The van der Waals surface area contributed by atoms with E-state index in [1.165, 1.54) is 0 Å². The first-order chi connectivity index (χ1) is 6.65. The van der Waals surface area contributed by atoms with Crippen LogP contribution in [0.3, 0.4) is 0 Å². The summed E-state index contributed by atoms with van der Waals surface area (Å²) in [7, 11) is 1.71. The van der Waals surface area contributed by atoms with E-state index in [1.807, 2.05) is 13.8 Å². The van der Waals surface area contributed by atoms with Crippen molar-refractivity contribution < 1.29 is 4.79 Å². The fourth-order valence-corrected chi connectivity index (χ4v) is 0.838. The monoisotopic (exact) mass is 197 g/mol. The quantitative estimate of drug-likeness (QED) is 0.491. The summed E-state index contributed by atoms with van der Waals surface area (Å²) in [5.41, 5.74) is 3.38. The number of carbonyl (C=O) groups excluding carboxylic acids is 1. The van der Waals surface area contributed by atoms with Crippen molar-refractivity contribution in [2.24, 2.45) is 11.0 Å². The fourth-order valence-electron chi connectivity index (χ4n) is 0.838. The topological polar surface area (TPSA) is 53.5 Å². The minimum atomic E-state index is 0.0515. The van der Waals surface area contributed by atoms with Gasteiger partial charge in [0.1, 0.15) is 0 Å². The number of carbonyl (C=O) groups is 1. The van der Waals surface area contributed by atoms with E-state index in [2.05, 4.69) is 22.4 Å². The molecule has 0 spiro atoms. The van der Waals surface area contributed by atoms with Crippen LogP contribution in [0.2, 0.25) is 0 Å². The maximum Gasteiger partial charge on any atom is 0.223 e. The summed E-state index contributed by atoms with van der Waals surface area (Å²) in [4.78, 5) is 11.4. The third kappa shape index (κ3) is 4.64. The summed E-state index contributed by atoms with van der Waals surface area (Å²) in [6.45, 7) is 7.91. The lowest BCUT2D eigenvalue weighted by atomic mass is 10.1. The summed E-state index contributed by atoms with van der Waals surface area (Å²) in [6, 6.07) is 0. The van der Waals surface area contributed by atoms with Gasteiger partial charge in [-0.3, -0.25) is 4.79 Å². The standard InChI is InChI=1S/C10H19N3O/c1-5-8(3)10(14)12-7-9(6-2)13-11-4/h6,8,11H,2,5,7H2,1,3-4H3,(H,12,14)/b13-9+. The molecule has 0 aromatic carbocycles. The molecule has 0 radical (unpaired) electrons. The van der Waals surface area contributed by atoms with Gasteiger partial charge in [0.25, 0.3) is 0 Å². The predicted molar refractivity (Wildman–Crippen MR) is 59.2 cm³/mol. The molecule has 0 aliphatic carbocycles. The first kappa shape index (κ1) is 12.7. The Morgan fingerprint density at radius 3 is 2.71 bits per heavy atom. The number of hydrazone groups is 1. The Kier molecular flexibility index (Phi) is 6.45. The SMILES string of the molecule is C=C/C(CNC(=O)C(C)CC)=N\NC. The predicted octanol–water partition coefficient (Wildman–Crippen LogP) is 0.910. The molecule has 0 aliphatic rings. The largest absolute Gasteiger partial charge is 0.350 e. The van der Waals surface area contributed by atoms with E-state index >= 15 is 0 Å². The molecule has 1 amide bonds. The van der Waals surface area contributed by atoms with E-state index in [0.29, 0.717) is 6.54 Å². The van der Waals surface area contributed by atoms with Crippen LogP contribution in [0.15, 0.2) is 17.8 Å². The van der Waals surface area contributed by atoms with Gasteiger partial charge in [0.15, 0.2) is 0 Å². The molecule has 80 valence electrons. The van der Waals surface area contributed by atoms with Crippen LogP contribution in [-0.2, 0) is 4.79 Å². The molecule has 4 nitrogen and oxygen atoms in total. The maximum absolute atomic E-state index is 11.4. The Morgan fingerprint density at radius 2 is 2.29 bits per heavy atom. The Morgan fingerprint density at radius 1 is 1.64 bits per heavy atom. The van der Waals surface area contributed by atoms with Crippen LogP contribution in [0.1, 0.15) is 20.3 Å². The van der Waals surface area contributed by atoms with Gasteiger partial charge < -0.3 is 10.7 Å². The highest BCUT2D eigenvalue weighted by atomic mass is 16.1. The summed E-state index contributed by atoms with van der Waals surface area (Å²) in [6.07, 6.45) is 2.46. The van der Waals surface area contributed by atoms with Crippen molar-refractivity contribution in [2.75, 3.05) is 13.6 Å². The first-order valence-electron chi connectivity index (χ1n) is 4.79. The van der Waals surface area contributed by atoms with Gasteiger partial charge in [0, 0.05) is 13.0 Å². The van der Waals surface area contributed by atoms with E-state index in [1.54, 1.807) is 13.1 Å². The molecule has 1 atom stereocenters. The molecule has 2 N–H and O–H groups in total. The molecule has 0 aromatic heterocycles. The van der Waals surface area contributed by atoms with E-state index in [0.717, 1.165) is 12.1 Å². The highest BCUT2D eigenvalue weighted by Crippen LogP contribution is 1.98. The highest BCUT2D eigenvalue weighted by Gasteiger charge is 2.09. The molecule has 0 rings (SSSR count). The van der Waals surface area contributed by atoms with Gasteiger partial charge in [-0.25, -0.2) is 0 Å². The van der Waals surface area contributed by atoms with E-state index < -0.39 is 0 Å². The van der Waals surface area contributed by atoms with Crippen molar-refractivity contribution >= 4 is 11.6 Å². The molecule has 0 bridgehead atoms. The van der Waals surface area contributed by atoms with Gasteiger partial charge in [-0.15, -0.1) is 0 Å². The Labute approximate surface area is 85.5 Å². The molecule has 1 unspecified atom stereocenters. The van der Waals surface area contributed by atoms with Crippen LogP contribution in [0, 0.1) is 5.92 Å². The van der Waals surface area contributed by atoms with Gasteiger partial charge in [-0.1, -0.05) is 20.4 Å². The molecule has 0 saturated heterocycles. The molecule has 14 heavy (non-hydrogen) atoms. The minimum Gasteiger partial charge on any atom is -0.350 e. The van der Waals surface area contributed by atoms with Crippen LogP contribution >= 0.6 is 0 Å². The lowest BCUT2D eigenvalue weighted by molar-refractivity contribution is -0.124. The second-order valence-corrected chi connectivity index (χ2v) is 3.06. The van der Waals surface area contributed by atoms with Crippen LogP contribution < -0.4 is 10.7 Å². The number of nitrogens with zero attached hydrogens (tertiary/aromatic N) is 1. The van der Waals surface area contributed by atoms with Gasteiger partial charge >= 0.3 is 0 Å². The molecule has 0 fully saturated rings. The first-order valence-corrected chi connectivity index (χ1v) is 4.79. The fraction of sp³-hybridized carbons (Fsp3) is 0.600. The van der Waals surface area contributed by atoms with Crippen molar-refractivity contribution in [3.63, 3.8) is 0 Å². The third-order valence-electron chi connectivity index (χ3n) is 1.99. The Balaban J connectivity index is 3.97. The van der Waals surface area contributed by atoms with Crippen molar-refractivity contribution in [1.29, 1.82) is 0 Å². The second-order valence-electron chi connectivity index (χ2n) is 3.06. The number of hydrogen-bond acceptors (Lipinski definition) is 3. The Hall–Kier alpha value is -1.32. The second kappa shape index (κ2) is 7.12. The lowest BCUT2D eigenvalue weighted by Gasteiger charge is -2.09. The number of rotatable bonds is 6. The zero-order valence-corrected chi connectivity index (χ0v) is 9.13. The van der Waals surface area contributed by atoms with Gasteiger partial charge in [-0.2, -0.15) is 5.10 Å². The summed E-state index contributed by atoms with van der Waals surface area (Å²) in [5, 5.41) is 6.72. The normalized spacial score (nSPS) is 13.2. The van der Waals surface area contributed by atoms with Gasteiger partial charge in [0.05, 0.1) is 12.3 Å². The summed E-state index contributed by atoms with van der Waals surface area (Å²) in [5.74, 6) is 0.105. The van der Waals surface area contributed by atoms with Crippen LogP contribution in [0.25, 0.3) is 0 Å². The van der Waals surface area contributed by atoms with Crippen molar-refractivity contribution in [3.8, 4) is 0 Å². The molecule has 0 heterocycles. The zero-order valence-electron chi connectivity index (χ0n) is 9.13. The smallest absolute Gasteiger partial charge is 0.223 e. The van der Waals surface area contributed by atoms with Crippen LogP contribution in [-0.4, -0.2) is 25.2 Å². The van der Waals surface area contributed by atoms with E-state index in [9.17, 15) is 4.79 Å². The van der Waals surface area contributed by atoms with E-state index in [-0.39, 0.29) is 11.8 Å². The van der Waals surface area contributed by atoms with Gasteiger partial charge in [-0.05, 0) is 12.5 Å². The van der Waals surface area contributed by atoms with Crippen molar-refractivity contribution in [3.05, 3.63) is 12.7 Å². The number of nitrogens with one attached hydrogen (secondary N) is 2.